The molecule has 24 heavy (non-hydrogen) atoms. The average Bonchev–Trinajstić information content (AvgIpc) is 2.60. The van der Waals surface area contributed by atoms with E-state index in [4.69, 9.17) is 0 Å². The Morgan fingerprint density at radius 3 is 2.62 bits per heavy atom. The average molecular weight is 321 g/mol. The van der Waals surface area contributed by atoms with Crippen LogP contribution in [0.1, 0.15) is 24.7 Å². The highest BCUT2D eigenvalue weighted by Gasteiger charge is 2.10. The molecule has 5 heteroatoms. The molecular weight excluding hydrogens is 302 g/mol. The minimum atomic E-state index is -0.103. The Hall–Kier alpha value is -2.95. The highest BCUT2D eigenvalue weighted by Crippen LogP contribution is 2.16. The van der Waals surface area contributed by atoms with E-state index < -0.39 is 0 Å². The second kappa shape index (κ2) is 6.66. The third-order valence-electron chi connectivity index (χ3n) is 3.93. The van der Waals surface area contributed by atoms with Gasteiger partial charge in [-0.15, -0.1) is 0 Å². The molecule has 3 rings (SSSR count). The summed E-state index contributed by atoms with van der Waals surface area (Å²) in [5.74, 6) is 0.584. The molecule has 3 aromatic rings. The topological polar surface area (TPSA) is 64.0 Å². The largest absolute Gasteiger partial charge is 0.326 e. The zero-order valence-electron chi connectivity index (χ0n) is 13.7. The van der Waals surface area contributed by atoms with Gasteiger partial charge in [-0.2, -0.15) is 0 Å². The van der Waals surface area contributed by atoms with Crippen LogP contribution in [0.15, 0.2) is 53.3 Å². The van der Waals surface area contributed by atoms with E-state index in [0.717, 1.165) is 5.56 Å². The van der Waals surface area contributed by atoms with Crippen LogP contribution < -0.4 is 10.9 Å². The van der Waals surface area contributed by atoms with Gasteiger partial charge < -0.3 is 5.32 Å². The molecule has 2 aromatic carbocycles. The van der Waals surface area contributed by atoms with Gasteiger partial charge >= 0.3 is 0 Å². The van der Waals surface area contributed by atoms with Crippen LogP contribution in [0, 0.1) is 6.92 Å². The number of benzene rings is 2. The molecule has 5 nitrogen and oxygen atoms in total. The minimum absolute atomic E-state index is 0.0842. The van der Waals surface area contributed by atoms with Gasteiger partial charge in [0.25, 0.3) is 5.56 Å². The normalized spacial score (nSPS) is 10.8. The first-order valence-corrected chi connectivity index (χ1v) is 7.93. The van der Waals surface area contributed by atoms with Gasteiger partial charge in [-0.3, -0.25) is 14.2 Å². The van der Waals surface area contributed by atoms with Gasteiger partial charge in [-0.25, -0.2) is 4.98 Å². The van der Waals surface area contributed by atoms with Gasteiger partial charge in [0.1, 0.15) is 5.82 Å². The molecule has 0 aliphatic rings. The molecule has 0 atom stereocenters. The summed E-state index contributed by atoms with van der Waals surface area (Å²) in [4.78, 5) is 28.9. The van der Waals surface area contributed by atoms with Crippen molar-refractivity contribution >= 4 is 22.5 Å². The molecule has 1 heterocycles. The quantitative estimate of drug-likeness (QED) is 0.803. The Morgan fingerprint density at radius 2 is 1.92 bits per heavy atom. The maximum Gasteiger partial charge on any atom is 0.261 e. The Kier molecular flexibility index (Phi) is 4.42. The lowest BCUT2D eigenvalue weighted by Crippen LogP contribution is -2.24. The Labute approximate surface area is 140 Å². The van der Waals surface area contributed by atoms with Gasteiger partial charge in [0.05, 0.1) is 17.4 Å². The third kappa shape index (κ3) is 3.20. The smallest absolute Gasteiger partial charge is 0.261 e. The Bertz CT molecular complexity index is 946. The number of hydrogen-bond donors (Lipinski definition) is 1. The summed E-state index contributed by atoms with van der Waals surface area (Å²) in [6.07, 6.45) is 0.391. The Morgan fingerprint density at radius 1 is 1.17 bits per heavy atom. The van der Waals surface area contributed by atoms with Crippen molar-refractivity contribution in [3.8, 4) is 0 Å². The fraction of sp³-hybridized carbons (Fsp3) is 0.211. The van der Waals surface area contributed by atoms with Crippen LogP contribution in [0.5, 0.6) is 0 Å². The van der Waals surface area contributed by atoms with Crippen molar-refractivity contribution in [2.75, 3.05) is 5.32 Å². The molecule has 0 saturated heterocycles. The van der Waals surface area contributed by atoms with E-state index >= 15 is 0 Å². The SMILES string of the molecule is CCC(=O)Nc1ccc2nc(C)n(Cc3ccccc3)c(=O)c2c1. The number of aryl methyl sites for hydroxylation is 1. The Balaban J connectivity index is 2.06. The molecule has 1 amide bonds. The standard InChI is InChI=1S/C19H19N3O2/c1-3-18(23)21-15-9-10-17-16(11-15)19(24)22(13(2)20-17)12-14-7-5-4-6-8-14/h4-11H,3,12H2,1-2H3,(H,21,23). The van der Waals surface area contributed by atoms with Gasteiger partial charge in [0, 0.05) is 12.1 Å². The monoisotopic (exact) mass is 321 g/mol. The minimum Gasteiger partial charge on any atom is -0.326 e. The molecule has 1 N–H and O–H groups in total. The number of nitrogens with one attached hydrogen (secondary N) is 1. The summed E-state index contributed by atoms with van der Waals surface area (Å²) in [6.45, 7) is 4.09. The second-order valence-electron chi connectivity index (χ2n) is 5.67. The number of nitrogens with zero attached hydrogens (tertiary/aromatic N) is 2. The van der Waals surface area contributed by atoms with Gasteiger partial charge in [0.15, 0.2) is 0 Å². The van der Waals surface area contributed by atoms with Gasteiger partial charge in [-0.05, 0) is 30.7 Å². The lowest BCUT2D eigenvalue weighted by Gasteiger charge is -2.12. The third-order valence-corrected chi connectivity index (χ3v) is 3.93. The summed E-state index contributed by atoms with van der Waals surface area (Å²) in [5, 5.41) is 3.28. The first-order chi connectivity index (χ1) is 11.6. The number of hydrogen-bond acceptors (Lipinski definition) is 3. The van der Waals surface area contributed by atoms with Crippen LogP contribution in [0.3, 0.4) is 0 Å². The maximum absolute atomic E-state index is 12.9. The van der Waals surface area contributed by atoms with E-state index in [1.807, 2.05) is 37.3 Å². The summed E-state index contributed by atoms with van der Waals surface area (Å²) in [7, 11) is 0. The van der Waals surface area contributed by atoms with Crippen LogP contribution in [0.25, 0.3) is 10.9 Å². The van der Waals surface area contributed by atoms with Gasteiger partial charge in [-0.1, -0.05) is 37.3 Å². The number of anilines is 1. The highest BCUT2D eigenvalue weighted by atomic mass is 16.1. The number of aromatic nitrogens is 2. The summed E-state index contributed by atoms with van der Waals surface area (Å²) in [5.41, 5.74) is 2.19. The van der Waals surface area contributed by atoms with Crippen molar-refractivity contribution in [2.45, 2.75) is 26.8 Å². The van der Waals surface area contributed by atoms with E-state index in [1.54, 1.807) is 29.7 Å². The van der Waals surface area contributed by atoms with Crippen molar-refractivity contribution in [3.05, 3.63) is 70.3 Å². The fourth-order valence-electron chi connectivity index (χ4n) is 2.61. The molecule has 0 saturated carbocycles. The van der Waals surface area contributed by atoms with Crippen LogP contribution >= 0.6 is 0 Å². The van der Waals surface area contributed by atoms with Crippen LogP contribution in [0.2, 0.25) is 0 Å². The summed E-state index contributed by atoms with van der Waals surface area (Å²) < 4.78 is 1.66. The maximum atomic E-state index is 12.9. The number of amides is 1. The van der Waals surface area contributed by atoms with Crippen LogP contribution in [0.4, 0.5) is 5.69 Å². The van der Waals surface area contributed by atoms with E-state index in [9.17, 15) is 9.59 Å². The second-order valence-corrected chi connectivity index (χ2v) is 5.67. The first-order valence-electron chi connectivity index (χ1n) is 7.93. The summed E-state index contributed by atoms with van der Waals surface area (Å²) >= 11 is 0. The van der Waals surface area contributed by atoms with Crippen molar-refractivity contribution in [1.29, 1.82) is 0 Å². The molecule has 0 aliphatic heterocycles. The number of fused-ring (bicyclic) bond motifs is 1. The van der Waals surface area contributed by atoms with Crippen LogP contribution in [-0.2, 0) is 11.3 Å². The zero-order valence-corrected chi connectivity index (χ0v) is 13.7. The number of rotatable bonds is 4. The fourth-order valence-corrected chi connectivity index (χ4v) is 2.61. The first kappa shape index (κ1) is 15.9. The lowest BCUT2D eigenvalue weighted by atomic mass is 10.2. The highest BCUT2D eigenvalue weighted by molar-refractivity contribution is 5.93. The van der Waals surface area contributed by atoms with Crippen molar-refractivity contribution < 1.29 is 4.79 Å². The zero-order chi connectivity index (χ0) is 17.1. The van der Waals surface area contributed by atoms with Crippen molar-refractivity contribution in [3.63, 3.8) is 0 Å². The molecule has 0 unspecified atom stereocenters. The number of carbonyl (C=O) groups is 1. The van der Waals surface area contributed by atoms with E-state index in [1.165, 1.54) is 0 Å². The lowest BCUT2D eigenvalue weighted by molar-refractivity contribution is -0.115. The predicted molar refractivity (Wildman–Crippen MR) is 95.2 cm³/mol. The molecule has 0 spiro atoms. The van der Waals surface area contributed by atoms with E-state index in [-0.39, 0.29) is 11.5 Å². The van der Waals surface area contributed by atoms with E-state index in [2.05, 4.69) is 10.3 Å². The molecule has 122 valence electrons. The molecular formula is C19H19N3O2. The molecule has 0 radical (unpaired) electrons. The molecule has 0 bridgehead atoms. The number of carbonyl (C=O) groups excluding carboxylic acids is 1. The molecule has 0 aliphatic carbocycles. The summed E-state index contributed by atoms with van der Waals surface area (Å²) in [6, 6.07) is 15.0. The van der Waals surface area contributed by atoms with Crippen LogP contribution in [-0.4, -0.2) is 15.5 Å². The van der Waals surface area contributed by atoms with E-state index in [0.29, 0.717) is 35.4 Å². The van der Waals surface area contributed by atoms with Crippen molar-refractivity contribution in [2.24, 2.45) is 0 Å². The predicted octanol–water partition coefficient (Wildman–Crippen LogP) is 3.10. The molecule has 1 aromatic heterocycles. The van der Waals surface area contributed by atoms with Crippen molar-refractivity contribution in [1.82, 2.24) is 9.55 Å². The molecule has 0 fully saturated rings. The van der Waals surface area contributed by atoms with Gasteiger partial charge in [0.2, 0.25) is 5.91 Å².